The lowest BCUT2D eigenvalue weighted by Gasteiger charge is -2.09. The van der Waals surface area contributed by atoms with Gasteiger partial charge in [-0.3, -0.25) is 4.79 Å². The fourth-order valence-corrected chi connectivity index (χ4v) is 1.54. The van der Waals surface area contributed by atoms with Crippen LogP contribution in [0.15, 0.2) is 48.5 Å². The quantitative estimate of drug-likeness (QED) is 0.762. The first kappa shape index (κ1) is 11.6. The minimum Gasteiger partial charge on any atom is -0.455 e. The molecule has 0 aliphatic carbocycles. The molecule has 17 heavy (non-hydrogen) atoms. The molecule has 0 heterocycles. The smallest absolute Gasteiger partial charge is 0.335 e. The van der Waals surface area contributed by atoms with Crippen LogP contribution in [0.3, 0.4) is 0 Å². The van der Waals surface area contributed by atoms with E-state index in [-0.39, 0.29) is 11.3 Å². The Labute approximate surface area is 103 Å². The van der Waals surface area contributed by atoms with Crippen molar-refractivity contribution in [1.29, 1.82) is 0 Å². The van der Waals surface area contributed by atoms with Crippen molar-refractivity contribution >= 4 is 17.6 Å². The summed E-state index contributed by atoms with van der Waals surface area (Å²) in [6.45, 7) is 0. The second-order valence-corrected chi connectivity index (χ2v) is 3.71. The van der Waals surface area contributed by atoms with Crippen molar-refractivity contribution in [2.24, 2.45) is 0 Å². The highest BCUT2D eigenvalue weighted by Gasteiger charge is 2.12. The number of benzene rings is 2. The van der Waals surface area contributed by atoms with E-state index in [0.29, 0.717) is 10.8 Å². The van der Waals surface area contributed by atoms with Crippen molar-refractivity contribution in [2.75, 3.05) is 0 Å². The summed E-state index contributed by atoms with van der Waals surface area (Å²) in [7, 11) is 0. The fraction of sp³-hybridized carbons (Fsp3) is 0. The van der Waals surface area contributed by atoms with Crippen molar-refractivity contribution in [3.63, 3.8) is 0 Å². The largest absolute Gasteiger partial charge is 0.455 e. The highest BCUT2D eigenvalue weighted by molar-refractivity contribution is 6.32. The van der Waals surface area contributed by atoms with Gasteiger partial charge in [0, 0.05) is 0 Å². The lowest BCUT2D eigenvalue weighted by molar-refractivity contribution is 0.0833. The van der Waals surface area contributed by atoms with Crippen molar-refractivity contribution in [1.82, 2.24) is 0 Å². The molecule has 2 aromatic rings. The van der Waals surface area contributed by atoms with Crippen LogP contribution in [-0.2, 0) is 0 Å². The van der Waals surface area contributed by atoms with Gasteiger partial charge in [0.15, 0.2) is 0 Å². The van der Waals surface area contributed by atoms with Gasteiger partial charge in [-0.1, -0.05) is 35.9 Å². The van der Waals surface area contributed by atoms with Crippen molar-refractivity contribution in [3.05, 3.63) is 59.1 Å². The van der Waals surface area contributed by atoms with Gasteiger partial charge in [0.05, 0.1) is 10.6 Å². The predicted molar refractivity (Wildman–Crippen MR) is 63.4 cm³/mol. The van der Waals surface area contributed by atoms with E-state index in [1.54, 1.807) is 36.4 Å². The summed E-state index contributed by atoms with van der Waals surface area (Å²) >= 11 is 5.90. The van der Waals surface area contributed by atoms with Gasteiger partial charge in [0.25, 0.3) is 0 Å². The monoisotopic (exact) mass is 250 g/mol. The Balaban J connectivity index is 2.37. The second-order valence-electron chi connectivity index (χ2n) is 3.30. The number of halogens is 2. The van der Waals surface area contributed by atoms with Crippen LogP contribution in [0.4, 0.5) is 4.39 Å². The SMILES string of the molecule is O=C(F)c1ccccc1Oc1ccccc1Cl. The number of ether oxygens (including phenoxy) is 1. The molecule has 0 radical (unpaired) electrons. The minimum atomic E-state index is -1.53. The lowest BCUT2D eigenvalue weighted by Crippen LogP contribution is -1.95. The van der Waals surface area contributed by atoms with E-state index in [9.17, 15) is 9.18 Å². The third-order valence-corrected chi connectivity index (χ3v) is 2.47. The first-order valence-electron chi connectivity index (χ1n) is 4.90. The Kier molecular flexibility index (Phi) is 3.40. The van der Waals surface area contributed by atoms with Crippen molar-refractivity contribution in [3.8, 4) is 11.5 Å². The molecule has 86 valence electrons. The average Bonchev–Trinajstić information content (AvgIpc) is 2.32. The zero-order chi connectivity index (χ0) is 12.3. The van der Waals surface area contributed by atoms with Gasteiger partial charge in [-0.25, -0.2) is 0 Å². The average molecular weight is 251 g/mol. The van der Waals surface area contributed by atoms with Gasteiger partial charge in [0.1, 0.15) is 11.5 Å². The maximum Gasteiger partial charge on any atom is 0.335 e. The first-order chi connectivity index (χ1) is 8.18. The highest BCUT2D eigenvalue weighted by atomic mass is 35.5. The molecular weight excluding hydrogens is 243 g/mol. The molecule has 0 saturated carbocycles. The predicted octanol–water partition coefficient (Wildman–Crippen LogP) is 4.24. The van der Waals surface area contributed by atoms with Crippen LogP contribution in [0.25, 0.3) is 0 Å². The Morgan fingerprint density at radius 3 is 2.24 bits per heavy atom. The molecule has 0 fully saturated rings. The summed E-state index contributed by atoms with van der Waals surface area (Å²) in [6, 6.07) is 11.3. The summed E-state index contributed by atoms with van der Waals surface area (Å²) < 4.78 is 18.2. The summed E-state index contributed by atoms with van der Waals surface area (Å²) in [5.74, 6) is 0.524. The number of para-hydroxylation sites is 2. The van der Waals surface area contributed by atoms with Gasteiger partial charge >= 0.3 is 6.04 Å². The van der Waals surface area contributed by atoms with Crippen LogP contribution in [-0.4, -0.2) is 6.04 Å². The van der Waals surface area contributed by atoms with E-state index in [4.69, 9.17) is 16.3 Å². The molecule has 0 aliphatic rings. The molecule has 0 amide bonds. The number of carbonyl (C=O) groups excluding carboxylic acids is 1. The van der Waals surface area contributed by atoms with Crippen molar-refractivity contribution < 1.29 is 13.9 Å². The molecule has 0 spiro atoms. The maximum atomic E-state index is 12.7. The molecule has 0 bridgehead atoms. The third kappa shape index (κ3) is 2.63. The van der Waals surface area contributed by atoms with Crippen LogP contribution in [0.1, 0.15) is 10.4 Å². The molecule has 4 heteroatoms. The number of rotatable bonds is 3. The second kappa shape index (κ2) is 4.97. The van der Waals surface area contributed by atoms with E-state index >= 15 is 0 Å². The van der Waals surface area contributed by atoms with Gasteiger partial charge in [-0.2, -0.15) is 4.39 Å². The summed E-state index contributed by atoms with van der Waals surface area (Å²) in [5.41, 5.74) is -0.118. The van der Waals surface area contributed by atoms with Gasteiger partial charge in [-0.15, -0.1) is 0 Å². The van der Waals surface area contributed by atoms with Gasteiger partial charge < -0.3 is 4.74 Å². The fourth-order valence-electron chi connectivity index (χ4n) is 1.36. The first-order valence-corrected chi connectivity index (χ1v) is 5.27. The Morgan fingerprint density at radius 1 is 1.00 bits per heavy atom. The zero-order valence-corrected chi connectivity index (χ0v) is 9.45. The van der Waals surface area contributed by atoms with Crippen LogP contribution < -0.4 is 4.74 Å². The van der Waals surface area contributed by atoms with Crippen LogP contribution in [0.2, 0.25) is 5.02 Å². The minimum absolute atomic E-state index is 0.118. The topological polar surface area (TPSA) is 26.3 Å². The van der Waals surface area contributed by atoms with Crippen LogP contribution in [0.5, 0.6) is 11.5 Å². The molecule has 2 nitrogen and oxygen atoms in total. The Hall–Kier alpha value is -1.87. The maximum absolute atomic E-state index is 12.7. The van der Waals surface area contributed by atoms with Crippen LogP contribution >= 0.6 is 11.6 Å². The molecule has 0 unspecified atom stereocenters. The van der Waals surface area contributed by atoms with Crippen molar-refractivity contribution in [2.45, 2.75) is 0 Å². The number of hydrogen-bond acceptors (Lipinski definition) is 2. The number of carbonyl (C=O) groups is 1. The molecule has 0 N–H and O–H groups in total. The van der Waals surface area contributed by atoms with E-state index in [1.807, 2.05) is 0 Å². The van der Waals surface area contributed by atoms with E-state index in [1.165, 1.54) is 12.1 Å². The third-order valence-electron chi connectivity index (χ3n) is 2.16. The molecule has 0 saturated heterocycles. The Bertz CT molecular complexity index is 555. The molecule has 0 aromatic heterocycles. The normalized spacial score (nSPS) is 10.0. The Morgan fingerprint density at radius 2 is 1.59 bits per heavy atom. The lowest BCUT2D eigenvalue weighted by atomic mass is 10.2. The zero-order valence-electron chi connectivity index (χ0n) is 8.69. The van der Waals surface area contributed by atoms with E-state index in [2.05, 4.69) is 0 Å². The van der Waals surface area contributed by atoms with E-state index < -0.39 is 6.04 Å². The summed E-state index contributed by atoms with van der Waals surface area (Å²) in [4.78, 5) is 10.8. The van der Waals surface area contributed by atoms with Gasteiger partial charge in [0.2, 0.25) is 0 Å². The molecular formula is C13H8ClFO2. The molecule has 0 atom stereocenters. The molecule has 2 aromatic carbocycles. The number of hydrogen-bond donors (Lipinski definition) is 0. The van der Waals surface area contributed by atoms with Crippen LogP contribution in [0, 0.1) is 0 Å². The molecule has 0 aliphatic heterocycles. The van der Waals surface area contributed by atoms with E-state index in [0.717, 1.165) is 0 Å². The van der Waals surface area contributed by atoms with Gasteiger partial charge in [-0.05, 0) is 24.3 Å². The summed E-state index contributed by atoms with van der Waals surface area (Å²) in [5, 5.41) is 0.397. The molecule has 2 rings (SSSR count). The highest BCUT2D eigenvalue weighted by Crippen LogP contribution is 2.31. The summed E-state index contributed by atoms with van der Waals surface area (Å²) in [6.07, 6.45) is 0. The standard InChI is InChI=1S/C13H8ClFO2/c14-10-6-2-4-8-12(10)17-11-7-3-1-5-9(11)13(15)16/h1-8H.